The average Bonchev–Trinajstić information content (AvgIpc) is 2.63. The lowest BCUT2D eigenvalue weighted by molar-refractivity contribution is -0.142. The molecule has 18 heavy (non-hydrogen) atoms. The van der Waals surface area contributed by atoms with Gasteiger partial charge in [-0.05, 0) is 19.8 Å². The van der Waals surface area contributed by atoms with Gasteiger partial charge in [-0.2, -0.15) is 5.10 Å². The third kappa shape index (κ3) is 2.37. The summed E-state index contributed by atoms with van der Waals surface area (Å²) in [7, 11) is 0. The minimum Gasteiger partial charge on any atom is -0.480 e. The summed E-state index contributed by atoms with van der Waals surface area (Å²) in [6.45, 7) is 2.26. The molecule has 98 valence electrons. The van der Waals surface area contributed by atoms with Gasteiger partial charge < -0.3 is 10.0 Å². The summed E-state index contributed by atoms with van der Waals surface area (Å²) < 4.78 is 0. The quantitative estimate of drug-likeness (QED) is 0.826. The van der Waals surface area contributed by atoms with Crippen molar-refractivity contribution >= 4 is 11.9 Å². The Bertz CT molecular complexity index is 455. The molecule has 2 rings (SSSR count). The van der Waals surface area contributed by atoms with Crippen LogP contribution in [0.15, 0.2) is 6.20 Å². The number of H-pyrrole nitrogens is 1. The predicted molar refractivity (Wildman–Crippen MR) is 64.3 cm³/mol. The molecule has 0 aliphatic carbocycles. The molecule has 0 radical (unpaired) electrons. The molecule has 1 aromatic rings. The smallest absolute Gasteiger partial charge is 0.326 e. The number of carbonyl (C=O) groups is 2. The van der Waals surface area contributed by atoms with Crippen LogP contribution in [0.1, 0.15) is 41.7 Å². The SMILES string of the molecule is Cc1[nH]ncc1C(=O)N1CCCCCC1C(=O)O. The van der Waals surface area contributed by atoms with Gasteiger partial charge in [0.25, 0.3) is 5.91 Å². The number of nitrogens with zero attached hydrogens (tertiary/aromatic N) is 2. The Hall–Kier alpha value is -1.85. The molecule has 1 amide bonds. The highest BCUT2D eigenvalue weighted by atomic mass is 16.4. The highest BCUT2D eigenvalue weighted by Gasteiger charge is 2.32. The van der Waals surface area contributed by atoms with Crippen molar-refractivity contribution in [2.75, 3.05) is 6.54 Å². The van der Waals surface area contributed by atoms with Gasteiger partial charge in [-0.1, -0.05) is 12.8 Å². The molecule has 1 aliphatic rings. The summed E-state index contributed by atoms with van der Waals surface area (Å²) in [6.07, 6.45) is 4.66. The van der Waals surface area contributed by atoms with E-state index in [0.29, 0.717) is 24.2 Å². The van der Waals surface area contributed by atoms with Crippen molar-refractivity contribution in [1.29, 1.82) is 0 Å². The number of likely N-dealkylation sites (tertiary alicyclic amines) is 1. The summed E-state index contributed by atoms with van der Waals surface area (Å²) in [6, 6.07) is -0.714. The number of hydrogen-bond donors (Lipinski definition) is 2. The van der Waals surface area contributed by atoms with E-state index in [9.17, 15) is 14.7 Å². The molecule has 6 nitrogen and oxygen atoms in total. The summed E-state index contributed by atoms with van der Waals surface area (Å²) >= 11 is 0. The number of amides is 1. The molecule has 2 heterocycles. The summed E-state index contributed by atoms with van der Waals surface area (Å²) in [5.41, 5.74) is 1.14. The normalized spacial score (nSPS) is 20.5. The van der Waals surface area contributed by atoms with Crippen molar-refractivity contribution < 1.29 is 14.7 Å². The molecule has 6 heteroatoms. The van der Waals surface area contributed by atoms with E-state index in [1.807, 2.05) is 0 Å². The molecular weight excluding hydrogens is 234 g/mol. The average molecular weight is 251 g/mol. The maximum Gasteiger partial charge on any atom is 0.326 e. The Balaban J connectivity index is 2.25. The van der Waals surface area contributed by atoms with Gasteiger partial charge in [0.05, 0.1) is 11.8 Å². The second kappa shape index (κ2) is 5.20. The molecule has 0 bridgehead atoms. The minimum absolute atomic E-state index is 0.240. The zero-order valence-corrected chi connectivity index (χ0v) is 10.3. The zero-order valence-electron chi connectivity index (χ0n) is 10.3. The van der Waals surface area contributed by atoms with E-state index in [2.05, 4.69) is 10.2 Å². The number of aryl methyl sites for hydroxylation is 1. The predicted octanol–water partition coefficient (Wildman–Crippen LogP) is 1.19. The monoisotopic (exact) mass is 251 g/mol. The fraction of sp³-hybridized carbons (Fsp3) is 0.583. The summed E-state index contributed by atoms with van der Waals surface area (Å²) in [5.74, 6) is -1.16. The number of carboxylic acid groups (broad SMARTS) is 1. The van der Waals surface area contributed by atoms with Gasteiger partial charge in [-0.25, -0.2) is 4.79 Å². The first-order chi connectivity index (χ1) is 8.61. The van der Waals surface area contributed by atoms with Crippen molar-refractivity contribution in [3.05, 3.63) is 17.5 Å². The number of hydrogen-bond acceptors (Lipinski definition) is 3. The first-order valence-electron chi connectivity index (χ1n) is 6.15. The highest BCUT2D eigenvalue weighted by Crippen LogP contribution is 2.20. The van der Waals surface area contributed by atoms with Crippen molar-refractivity contribution in [3.8, 4) is 0 Å². The first-order valence-corrected chi connectivity index (χ1v) is 6.15. The van der Waals surface area contributed by atoms with Crippen LogP contribution in [0, 0.1) is 6.92 Å². The Morgan fingerprint density at radius 3 is 2.83 bits per heavy atom. The van der Waals surface area contributed by atoms with Gasteiger partial charge in [0.2, 0.25) is 0 Å². The lowest BCUT2D eigenvalue weighted by Gasteiger charge is -2.26. The second-order valence-corrected chi connectivity index (χ2v) is 4.61. The number of carboxylic acids is 1. The third-order valence-corrected chi connectivity index (χ3v) is 3.36. The van der Waals surface area contributed by atoms with Gasteiger partial charge >= 0.3 is 5.97 Å². The van der Waals surface area contributed by atoms with Crippen LogP contribution in [0.4, 0.5) is 0 Å². The van der Waals surface area contributed by atoms with E-state index in [-0.39, 0.29) is 5.91 Å². The van der Waals surface area contributed by atoms with Crippen LogP contribution in [0.3, 0.4) is 0 Å². The van der Waals surface area contributed by atoms with Crippen molar-refractivity contribution in [2.45, 2.75) is 38.6 Å². The van der Waals surface area contributed by atoms with Crippen molar-refractivity contribution in [2.24, 2.45) is 0 Å². The van der Waals surface area contributed by atoms with E-state index in [4.69, 9.17) is 0 Å². The van der Waals surface area contributed by atoms with Crippen LogP contribution in [0.5, 0.6) is 0 Å². The lowest BCUT2D eigenvalue weighted by Crippen LogP contribution is -2.44. The first kappa shape index (κ1) is 12.6. The van der Waals surface area contributed by atoms with Crippen LogP contribution >= 0.6 is 0 Å². The molecular formula is C12H17N3O3. The van der Waals surface area contributed by atoms with Gasteiger partial charge in [-0.3, -0.25) is 9.89 Å². The number of carbonyl (C=O) groups excluding carboxylic acids is 1. The van der Waals surface area contributed by atoms with Crippen LogP contribution in [-0.4, -0.2) is 44.7 Å². The Labute approximate surface area is 105 Å². The molecule has 0 spiro atoms. The van der Waals surface area contributed by atoms with E-state index < -0.39 is 12.0 Å². The molecule has 1 aromatic heterocycles. The topological polar surface area (TPSA) is 86.3 Å². The Kier molecular flexibility index (Phi) is 3.64. The van der Waals surface area contributed by atoms with Crippen LogP contribution in [0.25, 0.3) is 0 Å². The molecule has 0 aromatic carbocycles. The summed E-state index contributed by atoms with van der Waals surface area (Å²) in [5, 5.41) is 15.7. The number of nitrogens with one attached hydrogen (secondary N) is 1. The van der Waals surface area contributed by atoms with Gasteiger partial charge in [0.15, 0.2) is 0 Å². The molecule has 1 atom stereocenters. The van der Waals surface area contributed by atoms with Crippen molar-refractivity contribution in [3.63, 3.8) is 0 Å². The van der Waals surface area contributed by atoms with Crippen LogP contribution in [0.2, 0.25) is 0 Å². The molecule has 1 saturated heterocycles. The van der Waals surface area contributed by atoms with E-state index in [1.54, 1.807) is 6.92 Å². The Morgan fingerprint density at radius 1 is 1.44 bits per heavy atom. The van der Waals surface area contributed by atoms with Crippen LogP contribution in [-0.2, 0) is 4.79 Å². The third-order valence-electron chi connectivity index (χ3n) is 3.36. The fourth-order valence-corrected chi connectivity index (χ4v) is 2.33. The van der Waals surface area contributed by atoms with E-state index >= 15 is 0 Å². The van der Waals surface area contributed by atoms with Gasteiger partial charge in [0, 0.05) is 12.2 Å². The number of rotatable bonds is 2. The molecule has 1 aliphatic heterocycles. The maximum absolute atomic E-state index is 12.4. The molecule has 1 fully saturated rings. The highest BCUT2D eigenvalue weighted by molar-refractivity contribution is 5.97. The van der Waals surface area contributed by atoms with Crippen LogP contribution < -0.4 is 0 Å². The van der Waals surface area contributed by atoms with E-state index in [0.717, 1.165) is 19.3 Å². The standard InChI is InChI=1S/C12H17N3O3/c1-8-9(7-13-14-8)11(16)15-6-4-2-3-5-10(15)12(17)18/h7,10H,2-6H2,1H3,(H,13,14)(H,17,18). The largest absolute Gasteiger partial charge is 0.480 e. The minimum atomic E-state index is -0.925. The number of aromatic nitrogens is 2. The molecule has 0 saturated carbocycles. The summed E-state index contributed by atoms with van der Waals surface area (Å²) in [4.78, 5) is 25.1. The number of aliphatic carboxylic acids is 1. The van der Waals surface area contributed by atoms with Crippen molar-refractivity contribution in [1.82, 2.24) is 15.1 Å². The lowest BCUT2D eigenvalue weighted by atomic mass is 10.1. The van der Waals surface area contributed by atoms with Gasteiger partial charge in [0.1, 0.15) is 6.04 Å². The molecule has 1 unspecified atom stereocenters. The fourth-order valence-electron chi connectivity index (χ4n) is 2.33. The maximum atomic E-state index is 12.4. The Morgan fingerprint density at radius 2 is 2.22 bits per heavy atom. The van der Waals surface area contributed by atoms with Gasteiger partial charge in [-0.15, -0.1) is 0 Å². The zero-order chi connectivity index (χ0) is 13.1. The van der Waals surface area contributed by atoms with E-state index in [1.165, 1.54) is 11.1 Å². The second-order valence-electron chi connectivity index (χ2n) is 4.61. The number of aromatic amines is 1. The molecule has 2 N–H and O–H groups in total.